The van der Waals surface area contributed by atoms with E-state index < -0.39 is 8.07 Å². The van der Waals surface area contributed by atoms with E-state index in [9.17, 15) is 0 Å². The third kappa shape index (κ3) is 8.72. The minimum atomic E-state index is -1.50. The molecule has 2 heteroatoms. The molecule has 5 aromatic rings. The molecular formula is C43H31NSi. The average Bonchev–Trinajstić information content (AvgIpc) is 3.05. The molecule has 2 N–H and O–H groups in total. The Balaban J connectivity index is 1.44. The fraction of sp³-hybridized carbons (Fsp3) is 0.0698. The first-order chi connectivity index (χ1) is 21.9. The van der Waals surface area contributed by atoms with Gasteiger partial charge in [0.2, 0.25) is 0 Å². The monoisotopic (exact) mass is 589 g/mol. The van der Waals surface area contributed by atoms with Crippen LogP contribution in [0.15, 0.2) is 121 Å². The highest BCUT2D eigenvalue weighted by Crippen LogP contribution is 2.13. The summed E-state index contributed by atoms with van der Waals surface area (Å²) in [5.74, 6) is 29.8. The number of nitrogens with two attached hydrogens (primary N) is 1. The zero-order chi connectivity index (χ0) is 31.5. The molecule has 0 radical (unpaired) electrons. The van der Waals surface area contributed by atoms with Crippen molar-refractivity contribution in [3.8, 4) is 58.8 Å². The maximum Gasteiger partial charge on any atom is 0.129 e. The summed E-state index contributed by atoms with van der Waals surface area (Å²) in [7, 11) is -1.50. The minimum Gasteiger partial charge on any atom is -0.398 e. The fourth-order valence-electron chi connectivity index (χ4n) is 4.21. The Morgan fingerprint density at radius 1 is 0.333 bits per heavy atom. The topological polar surface area (TPSA) is 26.0 Å². The molecular weight excluding hydrogens is 559 g/mol. The highest BCUT2D eigenvalue weighted by Gasteiger charge is 2.08. The van der Waals surface area contributed by atoms with Gasteiger partial charge in [-0.2, -0.15) is 0 Å². The Labute approximate surface area is 268 Å². The number of rotatable bonds is 0. The van der Waals surface area contributed by atoms with E-state index in [1.165, 1.54) is 0 Å². The van der Waals surface area contributed by atoms with Crippen LogP contribution in [0.4, 0.5) is 5.69 Å². The molecule has 45 heavy (non-hydrogen) atoms. The molecule has 0 spiro atoms. The second kappa shape index (κ2) is 14.4. The second-order valence-corrected chi connectivity index (χ2v) is 16.0. The molecule has 0 heterocycles. The second-order valence-electron chi connectivity index (χ2n) is 11.3. The zero-order valence-electron chi connectivity index (χ0n) is 25.6. The number of anilines is 1. The van der Waals surface area contributed by atoms with E-state index in [1.54, 1.807) is 0 Å². The molecule has 0 atom stereocenters. The summed E-state index contributed by atoms with van der Waals surface area (Å²) < 4.78 is 0. The number of hydrogen-bond donors (Lipinski definition) is 1. The Hall–Kier alpha value is -6.08. The van der Waals surface area contributed by atoms with E-state index in [0.717, 1.165) is 50.1 Å². The zero-order valence-corrected chi connectivity index (χ0v) is 26.6. The summed E-state index contributed by atoms with van der Waals surface area (Å²) in [5, 5.41) is 0. The molecule has 5 rings (SSSR count). The highest BCUT2D eigenvalue weighted by atomic mass is 28.3. The Morgan fingerprint density at radius 3 is 0.822 bits per heavy atom. The van der Waals surface area contributed by atoms with Crippen LogP contribution in [0.5, 0.6) is 0 Å². The first-order valence-electron chi connectivity index (χ1n) is 14.7. The Morgan fingerprint density at radius 2 is 0.556 bits per heavy atom. The fourth-order valence-corrected chi connectivity index (χ4v) is 4.72. The molecule has 0 bridgehead atoms. The predicted molar refractivity (Wildman–Crippen MR) is 191 cm³/mol. The molecule has 1 nitrogen and oxygen atoms in total. The maximum absolute atomic E-state index is 6.07. The van der Waals surface area contributed by atoms with Crippen molar-refractivity contribution in [2.24, 2.45) is 0 Å². The van der Waals surface area contributed by atoms with E-state index in [0.29, 0.717) is 5.69 Å². The van der Waals surface area contributed by atoms with Gasteiger partial charge in [0.05, 0.1) is 0 Å². The third-order valence-electron chi connectivity index (χ3n) is 6.57. The van der Waals surface area contributed by atoms with E-state index in [-0.39, 0.29) is 0 Å². The van der Waals surface area contributed by atoms with Crippen LogP contribution in [-0.2, 0) is 0 Å². The molecule has 0 aromatic heterocycles. The molecule has 0 fully saturated rings. The van der Waals surface area contributed by atoms with Crippen molar-refractivity contribution < 1.29 is 0 Å². The molecule has 0 saturated carbocycles. The van der Waals surface area contributed by atoms with Crippen LogP contribution in [0.25, 0.3) is 0 Å². The quantitative estimate of drug-likeness (QED) is 0.110. The minimum absolute atomic E-state index is 0.658. The van der Waals surface area contributed by atoms with Crippen molar-refractivity contribution in [2.75, 3.05) is 5.73 Å². The summed E-state index contributed by atoms with van der Waals surface area (Å²) in [6.07, 6.45) is 0. The number of hydrogen-bond acceptors (Lipinski definition) is 1. The lowest BCUT2D eigenvalue weighted by Gasteiger charge is -2.04. The molecule has 0 aliphatic carbocycles. The van der Waals surface area contributed by atoms with Gasteiger partial charge >= 0.3 is 0 Å². The number of nitrogen functional groups attached to an aromatic ring is 1. The van der Waals surface area contributed by atoms with Crippen molar-refractivity contribution in [1.29, 1.82) is 0 Å². The standard InChI is InChI=1S/C43H31NSi/c1-45(2,3)33-32-41-21-11-10-20-40(41)29-28-37-17-7-6-16-36(37)25-24-34-14-4-5-15-35(34)26-27-38-18-8-9-19-39(38)30-31-42-22-12-13-23-43(42)44/h4-23H,44H2,1-3H3. The largest absolute Gasteiger partial charge is 0.398 e. The predicted octanol–water partition coefficient (Wildman–Crippen LogP) is 8.10. The van der Waals surface area contributed by atoms with Gasteiger partial charge in [-0.1, -0.05) is 134 Å². The summed E-state index contributed by atoms with van der Waals surface area (Å²) in [6.45, 7) is 6.72. The van der Waals surface area contributed by atoms with Crippen molar-refractivity contribution in [1.82, 2.24) is 0 Å². The van der Waals surface area contributed by atoms with Gasteiger partial charge in [0.1, 0.15) is 8.07 Å². The van der Waals surface area contributed by atoms with Crippen LogP contribution < -0.4 is 5.73 Å². The van der Waals surface area contributed by atoms with E-state index >= 15 is 0 Å². The van der Waals surface area contributed by atoms with Crippen LogP contribution in [0.3, 0.4) is 0 Å². The van der Waals surface area contributed by atoms with Crippen LogP contribution >= 0.6 is 0 Å². The van der Waals surface area contributed by atoms with Gasteiger partial charge in [0, 0.05) is 55.8 Å². The molecule has 5 aromatic carbocycles. The summed E-state index contributed by atoms with van der Waals surface area (Å²) in [4.78, 5) is 0. The van der Waals surface area contributed by atoms with Gasteiger partial charge in [0.25, 0.3) is 0 Å². The highest BCUT2D eigenvalue weighted by molar-refractivity contribution is 6.83. The number of para-hydroxylation sites is 1. The lowest BCUT2D eigenvalue weighted by Crippen LogP contribution is -2.16. The normalized spacial score (nSPS) is 9.76. The summed E-state index contributed by atoms with van der Waals surface area (Å²) >= 11 is 0. The molecule has 0 unspecified atom stereocenters. The van der Waals surface area contributed by atoms with E-state index in [1.807, 2.05) is 121 Å². The first kappa shape index (κ1) is 30.4. The van der Waals surface area contributed by atoms with Crippen molar-refractivity contribution in [2.45, 2.75) is 19.6 Å². The van der Waals surface area contributed by atoms with Crippen molar-refractivity contribution in [3.63, 3.8) is 0 Å². The lowest BCUT2D eigenvalue weighted by atomic mass is 10.0. The SMILES string of the molecule is C[Si](C)(C)C#Cc1ccccc1C#Cc1ccccc1C#Cc1ccccc1C#Cc1ccccc1C#Cc1ccccc1N. The van der Waals surface area contributed by atoms with Crippen LogP contribution in [-0.4, -0.2) is 8.07 Å². The van der Waals surface area contributed by atoms with E-state index in [2.05, 4.69) is 78.5 Å². The van der Waals surface area contributed by atoms with Crippen molar-refractivity contribution >= 4 is 13.8 Å². The van der Waals surface area contributed by atoms with E-state index in [4.69, 9.17) is 5.73 Å². The van der Waals surface area contributed by atoms with Gasteiger partial charge < -0.3 is 5.73 Å². The molecule has 0 amide bonds. The van der Waals surface area contributed by atoms with Gasteiger partial charge in [0.15, 0.2) is 0 Å². The van der Waals surface area contributed by atoms with Gasteiger partial charge in [-0.3, -0.25) is 0 Å². The lowest BCUT2D eigenvalue weighted by molar-refractivity contribution is 1.55. The van der Waals surface area contributed by atoms with Crippen LogP contribution in [0.2, 0.25) is 19.6 Å². The molecule has 0 aliphatic heterocycles. The van der Waals surface area contributed by atoms with Crippen LogP contribution in [0.1, 0.15) is 50.1 Å². The van der Waals surface area contributed by atoms with Crippen LogP contribution in [0, 0.1) is 58.8 Å². The Kier molecular flexibility index (Phi) is 9.72. The van der Waals surface area contributed by atoms with Gasteiger partial charge in [-0.15, -0.1) is 5.54 Å². The molecule has 0 saturated heterocycles. The first-order valence-corrected chi connectivity index (χ1v) is 18.2. The van der Waals surface area contributed by atoms with Gasteiger partial charge in [-0.05, 0) is 60.7 Å². The summed E-state index contributed by atoms with van der Waals surface area (Å²) in [6, 6.07) is 39.4. The average molecular weight is 590 g/mol. The maximum atomic E-state index is 6.07. The molecule has 212 valence electrons. The number of benzene rings is 5. The smallest absolute Gasteiger partial charge is 0.129 e. The third-order valence-corrected chi connectivity index (χ3v) is 7.44. The summed E-state index contributed by atoms with van der Waals surface area (Å²) in [5.41, 5.74) is 18.0. The van der Waals surface area contributed by atoms with Crippen molar-refractivity contribution in [3.05, 3.63) is 171 Å². The Bertz CT molecular complexity index is 2190. The molecule has 0 aliphatic rings. The van der Waals surface area contributed by atoms with Gasteiger partial charge in [-0.25, -0.2) is 0 Å².